The highest BCUT2D eigenvalue weighted by atomic mass is 32.1. The van der Waals surface area contributed by atoms with Gasteiger partial charge in [0.05, 0.1) is 27.1 Å². The molecule has 0 N–H and O–H groups in total. The first-order valence-corrected chi connectivity index (χ1v) is 15.4. The van der Waals surface area contributed by atoms with Gasteiger partial charge in [0.25, 0.3) is 0 Å². The average molecular weight is 567 g/mol. The Morgan fingerprint density at radius 2 is 1.05 bits per heavy atom. The average Bonchev–Trinajstić information content (AvgIpc) is 3.63. The molecule has 0 fully saturated rings. The smallest absolute Gasteiger partial charge is 0.0640 e. The standard InChI is InChI=1S/C40H26N2S/c1-3-14-28(15-4-1)41-34-21-10-9-19-33(34)38-35(41)22-12-23-36(38)42(29-16-5-2-6-17-29)37-24-11-20-31-32-26-25-27-13-7-8-18-30(27)39(32)43-40(31)37/h1-26H. The van der Waals surface area contributed by atoms with E-state index in [1.54, 1.807) is 0 Å². The molecule has 0 unspecified atom stereocenters. The van der Waals surface area contributed by atoms with Crippen LogP contribution in [0.4, 0.5) is 17.1 Å². The van der Waals surface area contributed by atoms with Gasteiger partial charge in [-0.2, -0.15) is 0 Å². The summed E-state index contributed by atoms with van der Waals surface area (Å²) in [6.45, 7) is 0. The van der Waals surface area contributed by atoms with Crippen LogP contribution in [0.1, 0.15) is 0 Å². The van der Waals surface area contributed by atoms with Gasteiger partial charge in [-0.05, 0) is 59.3 Å². The van der Waals surface area contributed by atoms with E-state index in [0.717, 1.165) is 11.4 Å². The highest BCUT2D eigenvalue weighted by Gasteiger charge is 2.23. The van der Waals surface area contributed by atoms with E-state index in [-0.39, 0.29) is 0 Å². The van der Waals surface area contributed by atoms with Gasteiger partial charge in [-0.3, -0.25) is 0 Å². The molecule has 0 atom stereocenters. The lowest BCUT2D eigenvalue weighted by atomic mass is 10.0. The highest BCUT2D eigenvalue weighted by molar-refractivity contribution is 7.27. The number of hydrogen-bond acceptors (Lipinski definition) is 2. The second-order valence-corrected chi connectivity index (χ2v) is 12.0. The number of rotatable bonds is 4. The van der Waals surface area contributed by atoms with Gasteiger partial charge in [-0.25, -0.2) is 0 Å². The molecule has 0 spiro atoms. The zero-order chi connectivity index (χ0) is 28.3. The Labute approximate surface area is 253 Å². The van der Waals surface area contributed by atoms with Crippen LogP contribution in [0.5, 0.6) is 0 Å². The number of benzene rings is 7. The maximum absolute atomic E-state index is 2.46. The molecule has 0 aliphatic rings. The summed E-state index contributed by atoms with van der Waals surface area (Å²) >= 11 is 1.90. The van der Waals surface area contributed by atoms with E-state index in [2.05, 4.69) is 167 Å². The molecular formula is C40H26N2S. The van der Waals surface area contributed by atoms with Crippen LogP contribution in [0, 0.1) is 0 Å². The van der Waals surface area contributed by atoms with Crippen LogP contribution in [0.2, 0.25) is 0 Å². The molecule has 3 heteroatoms. The number of anilines is 3. The molecule has 2 aromatic heterocycles. The molecule has 43 heavy (non-hydrogen) atoms. The van der Waals surface area contributed by atoms with Gasteiger partial charge in [0.15, 0.2) is 0 Å². The molecule has 0 saturated heterocycles. The van der Waals surface area contributed by atoms with Gasteiger partial charge in [0.2, 0.25) is 0 Å². The molecule has 9 aromatic rings. The summed E-state index contributed by atoms with van der Waals surface area (Å²) < 4.78 is 5.03. The fraction of sp³-hybridized carbons (Fsp3) is 0. The summed E-state index contributed by atoms with van der Waals surface area (Å²) in [5, 5.41) is 7.69. The molecule has 2 heterocycles. The summed E-state index contributed by atoms with van der Waals surface area (Å²) in [4.78, 5) is 2.46. The lowest BCUT2D eigenvalue weighted by molar-refractivity contribution is 1.18. The lowest BCUT2D eigenvalue weighted by Crippen LogP contribution is -2.10. The Morgan fingerprint density at radius 1 is 0.419 bits per heavy atom. The van der Waals surface area contributed by atoms with Crippen molar-refractivity contribution in [3.8, 4) is 5.69 Å². The van der Waals surface area contributed by atoms with E-state index in [9.17, 15) is 0 Å². The van der Waals surface area contributed by atoms with Crippen molar-refractivity contribution in [2.24, 2.45) is 0 Å². The zero-order valence-corrected chi connectivity index (χ0v) is 24.1. The predicted molar refractivity (Wildman–Crippen MR) is 186 cm³/mol. The molecule has 0 aliphatic heterocycles. The van der Waals surface area contributed by atoms with Crippen LogP contribution in [-0.4, -0.2) is 4.57 Å². The fourth-order valence-corrected chi connectivity index (χ4v) is 8.05. The minimum Gasteiger partial charge on any atom is -0.309 e. The Balaban J connectivity index is 1.40. The van der Waals surface area contributed by atoms with Crippen LogP contribution >= 0.6 is 11.3 Å². The molecule has 0 radical (unpaired) electrons. The Kier molecular flexibility index (Phi) is 5.40. The third-order valence-corrected chi connectivity index (χ3v) is 9.83. The van der Waals surface area contributed by atoms with Gasteiger partial charge < -0.3 is 9.47 Å². The monoisotopic (exact) mass is 566 g/mol. The largest absolute Gasteiger partial charge is 0.309 e. The van der Waals surface area contributed by atoms with E-state index in [1.165, 1.54) is 64.1 Å². The highest BCUT2D eigenvalue weighted by Crippen LogP contribution is 2.49. The van der Waals surface area contributed by atoms with E-state index < -0.39 is 0 Å². The number of para-hydroxylation sites is 3. The zero-order valence-electron chi connectivity index (χ0n) is 23.3. The third kappa shape index (κ3) is 3.65. The number of hydrogen-bond donors (Lipinski definition) is 0. The first kappa shape index (κ1) is 24.2. The van der Waals surface area contributed by atoms with Crippen LogP contribution in [0.3, 0.4) is 0 Å². The number of nitrogens with zero attached hydrogens (tertiary/aromatic N) is 2. The van der Waals surface area contributed by atoms with Crippen LogP contribution in [0.15, 0.2) is 158 Å². The SMILES string of the molecule is c1ccc(N(c2cccc3c2sc2c4ccccc4ccc32)c2cccc3c2c2ccccc2n3-c2ccccc2)cc1. The van der Waals surface area contributed by atoms with Gasteiger partial charge in [0.1, 0.15) is 0 Å². The number of thiophene rings is 1. The van der Waals surface area contributed by atoms with Crippen molar-refractivity contribution in [1.29, 1.82) is 0 Å². The molecule has 9 rings (SSSR count). The van der Waals surface area contributed by atoms with E-state index in [4.69, 9.17) is 0 Å². The van der Waals surface area contributed by atoms with Crippen molar-refractivity contribution in [2.45, 2.75) is 0 Å². The maximum Gasteiger partial charge on any atom is 0.0640 e. The second kappa shape index (κ2) is 9.59. The van der Waals surface area contributed by atoms with E-state index >= 15 is 0 Å². The second-order valence-electron chi connectivity index (χ2n) is 10.9. The topological polar surface area (TPSA) is 8.17 Å². The van der Waals surface area contributed by atoms with Gasteiger partial charge in [-0.1, -0.05) is 109 Å². The summed E-state index contributed by atoms with van der Waals surface area (Å²) in [5.41, 5.74) is 7.07. The summed E-state index contributed by atoms with van der Waals surface area (Å²) in [6.07, 6.45) is 0. The molecule has 7 aromatic carbocycles. The normalized spacial score (nSPS) is 11.7. The fourth-order valence-electron chi connectivity index (χ4n) is 6.71. The minimum atomic E-state index is 1.14. The predicted octanol–water partition coefficient (Wildman–Crippen LogP) is 11.8. The molecule has 2 nitrogen and oxygen atoms in total. The van der Waals surface area contributed by atoms with Gasteiger partial charge >= 0.3 is 0 Å². The number of fused-ring (bicyclic) bond motifs is 8. The molecule has 0 saturated carbocycles. The third-order valence-electron chi connectivity index (χ3n) is 8.55. The van der Waals surface area contributed by atoms with Crippen molar-refractivity contribution in [1.82, 2.24) is 4.57 Å². The van der Waals surface area contributed by atoms with Gasteiger partial charge in [-0.15, -0.1) is 11.3 Å². The quantitative estimate of drug-likeness (QED) is 0.206. The van der Waals surface area contributed by atoms with Crippen molar-refractivity contribution in [3.63, 3.8) is 0 Å². The minimum absolute atomic E-state index is 1.14. The van der Waals surface area contributed by atoms with Crippen molar-refractivity contribution < 1.29 is 0 Å². The lowest BCUT2D eigenvalue weighted by Gasteiger charge is -2.27. The molecule has 0 amide bonds. The summed E-state index contributed by atoms with van der Waals surface area (Å²) in [5.74, 6) is 0. The first-order valence-electron chi connectivity index (χ1n) is 14.6. The number of aromatic nitrogens is 1. The van der Waals surface area contributed by atoms with Crippen molar-refractivity contribution in [3.05, 3.63) is 158 Å². The summed E-state index contributed by atoms with van der Waals surface area (Å²) in [6, 6.07) is 57.0. The van der Waals surface area contributed by atoms with Crippen molar-refractivity contribution in [2.75, 3.05) is 4.90 Å². The molecule has 202 valence electrons. The van der Waals surface area contributed by atoms with Gasteiger partial charge in [0, 0.05) is 37.6 Å². The van der Waals surface area contributed by atoms with Crippen molar-refractivity contribution >= 4 is 81.1 Å². The Bertz CT molecular complexity index is 2450. The van der Waals surface area contributed by atoms with E-state index in [0.29, 0.717) is 0 Å². The van der Waals surface area contributed by atoms with Crippen LogP contribution in [-0.2, 0) is 0 Å². The van der Waals surface area contributed by atoms with Crippen LogP contribution in [0.25, 0.3) is 58.4 Å². The van der Waals surface area contributed by atoms with E-state index in [1.807, 2.05) is 11.3 Å². The van der Waals surface area contributed by atoms with Crippen LogP contribution < -0.4 is 4.90 Å². The first-order chi connectivity index (χ1) is 21.4. The molecular weight excluding hydrogens is 541 g/mol. The Morgan fingerprint density at radius 3 is 1.91 bits per heavy atom. The maximum atomic E-state index is 2.46. The molecule has 0 aliphatic carbocycles. The Hall–Kier alpha value is -5.38. The summed E-state index contributed by atoms with van der Waals surface area (Å²) in [7, 11) is 0. The molecule has 0 bridgehead atoms.